The van der Waals surface area contributed by atoms with Gasteiger partial charge in [0.05, 0.1) is 67.3 Å². The smallest absolute Gasteiger partial charge is 0.309 e. The van der Waals surface area contributed by atoms with Crippen molar-refractivity contribution in [2.75, 3.05) is 0 Å². The third kappa shape index (κ3) is 6.57. The molecular formula is C47H23F12N3. The van der Waals surface area contributed by atoms with Crippen LogP contribution in [0.15, 0.2) is 140 Å². The van der Waals surface area contributed by atoms with Gasteiger partial charge in [-0.1, -0.05) is 60.7 Å². The van der Waals surface area contributed by atoms with Gasteiger partial charge in [-0.05, 0) is 84.4 Å². The van der Waals surface area contributed by atoms with Crippen LogP contribution >= 0.6 is 0 Å². The zero-order valence-electron chi connectivity index (χ0n) is 31.2. The zero-order valence-corrected chi connectivity index (χ0v) is 31.2. The van der Waals surface area contributed by atoms with Crippen molar-refractivity contribution in [3.8, 4) is 39.7 Å². The first-order chi connectivity index (χ1) is 29.3. The lowest BCUT2D eigenvalue weighted by atomic mass is 9.90. The maximum Gasteiger partial charge on any atom is 0.417 e. The fourth-order valence-corrected chi connectivity index (χ4v) is 8.27. The molecule has 0 aliphatic rings. The molecule has 0 spiro atoms. The summed E-state index contributed by atoms with van der Waals surface area (Å²) in [6.07, 6.45) is -20.0. The van der Waals surface area contributed by atoms with Crippen LogP contribution in [0, 0.1) is 11.3 Å². The van der Waals surface area contributed by atoms with Crippen LogP contribution in [-0.2, 0) is 24.7 Å². The quantitative estimate of drug-likeness (QED) is 0.162. The Morgan fingerprint density at radius 3 is 1.27 bits per heavy atom. The zero-order chi connectivity index (χ0) is 44.1. The first-order valence-corrected chi connectivity index (χ1v) is 18.4. The molecule has 0 saturated carbocycles. The highest BCUT2D eigenvalue weighted by molar-refractivity contribution is 6.12. The van der Waals surface area contributed by atoms with Crippen molar-refractivity contribution in [3.05, 3.63) is 167 Å². The maximum absolute atomic E-state index is 14.6. The predicted octanol–water partition coefficient (Wildman–Crippen LogP) is 15.2. The molecule has 7 aromatic carbocycles. The molecule has 0 aliphatic carbocycles. The molecule has 15 heteroatoms. The van der Waals surface area contributed by atoms with E-state index in [9.17, 15) is 57.9 Å². The van der Waals surface area contributed by atoms with Gasteiger partial charge in [0.2, 0.25) is 0 Å². The molecule has 0 radical (unpaired) electrons. The summed E-state index contributed by atoms with van der Waals surface area (Å²) in [5.41, 5.74) is -5.28. The van der Waals surface area contributed by atoms with E-state index in [4.69, 9.17) is 0 Å². The lowest BCUT2D eigenvalue weighted by Gasteiger charge is -2.22. The van der Waals surface area contributed by atoms with Crippen molar-refractivity contribution in [3.63, 3.8) is 0 Å². The van der Waals surface area contributed by atoms with Crippen LogP contribution in [0.4, 0.5) is 52.7 Å². The minimum Gasteiger partial charge on any atom is -0.309 e. The number of fused-ring (bicyclic) bond motifs is 6. The van der Waals surface area contributed by atoms with E-state index < -0.39 is 58.1 Å². The van der Waals surface area contributed by atoms with E-state index in [-0.39, 0.29) is 60.8 Å². The molecule has 0 bridgehead atoms. The Balaban J connectivity index is 1.44. The van der Waals surface area contributed by atoms with Gasteiger partial charge in [-0.3, -0.25) is 0 Å². The van der Waals surface area contributed by atoms with Gasteiger partial charge in [0.15, 0.2) is 0 Å². The van der Waals surface area contributed by atoms with E-state index in [1.807, 2.05) is 6.07 Å². The van der Waals surface area contributed by atoms with E-state index in [1.165, 1.54) is 47.0 Å². The second-order valence-electron chi connectivity index (χ2n) is 14.5. The van der Waals surface area contributed by atoms with E-state index in [0.717, 1.165) is 42.5 Å². The molecule has 0 amide bonds. The molecule has 2 heterocycles. The van der Waals surface area contributed by atoms with E-state index in [2.05, 4.69) is 0 Å². The summed E-state index contributed by atoms with van der Waals surface area (Å²) in [5.74, 6) is 0. The normalized spacial score (nSPS) is 12.8. The fourth-order valence-electron chi connectivity index (χ4n) is 8.27. The molecule has 62 heavy (non-hydrogen) atoms. The number of halogens is 12. The van der Waals surface area contributed by atoms with Gasteiger partial charge < -0.3 is 9.13 Å². The third-order valence-corrected chi connectivity index (χ3v) is 10.9. The molecule has 3 nitrogen and oxygen atoms in total. The van der Waals surface area contributed by atoms with Crippen molar-refractivity contribution in [1.29, 1.82) is 5.26 Å². The number of hydrogen-bond donors (Lipinski definition) is 0. The second-order valence-corrected chi connectivity index (χ2v) is 14.5. The summed E-state index contributed by atoms with van der Waals surface area (Å²) >= 11 is 0. The molecule has 2 aromatic heterocycles. The van der Waals surface area contributed by atoms with Crippen molar-refractivity contribution in [2.45, 2.75) is 24.7 Å². The first-order valence-electron chi connectivity index (χ1n) is 18.4. The third-order valence-electron chi connectivity index (χ3n) is 10.9. The molecule has 9 aromatic rings. The van der Waals surface area contributed by atoms with Gasteiger partial charge in [0, 0.05) is 38.2 Å². The lowest BCUT2D eigenvalue weighted by molar-refractivity contribution is -0.142. The Hall–Kier alpha value is -7.21. The van der Waals surface area contributed by atoms with E-state index in [0.29, 0.717) is 29.1 Å². The number of alkyl halides is 12. The average Bonchev–Trinajstić information content (AvgIpc) is 3.74. The fraction of sp³-hybridized carbons (Fsp3) is 0.0851. The van der Waals surface area contributed by atoms with Gasteiger partial charge in [0.25, 0.3) is 0 Å². The number of para-hydroxylation sites is 2. The van der Waals surface area contributed by atoms with Crippen molar-refractivity contribution in [2.24, 2.45) is 0 Å². The van der Waals surface area contributed by atoms with Crippen LogP contribution in [0.5, 0.6) is 0 Å². The summed E-state index contributed by atoms with van der Waals surface area (Å²) < 4.78 is 175. The number of nitriles is 1. The monoisotopic (exact) mass is 857 g/mol. The Morgan fingerprint density at radius 1 is 0.387 bits per heavy atom. The van der Waals surface area contributed by atoms with Gasteiger partial charge >= 0.3 is 24.7 Å². The van der Waals surface area contributed by atoms with E-state index >= 15 is 0 Å². The van der Waals surface area contributed by atoms with Crippen molar-refractivity contribution < 1.29 is 52.7 Å². The van der Waals surface area contributed by atoms with E-state index in [1.54, 1.807) is 41.0 Å². The molecule has 310 valence electrons. The Bertz CT molecular complexity index is 3290. The molecule has 9 rings (SSSR count). The largest absolute Gasteiger partial charge is 0.417 e. The highest BCUT2D eigenvalue weighted by Crippen LogP contribution is 2.48. The van der Waals surface area contributed by atoms with Gasteiger partial charge in [-0.2, -0.15) is 57.9 Å². The Kier molecular flexibility index (Phi) is 9.02. The number of rotatable bonds is 4. The summed E-state index contributed by atoms with van der Waals surface area (Å²) in [7, 11) is 0. The van der Waals surface area contributed by atoms with Gasteiger partial charge in [0.1, 0.15) is 0 Å². The Labute approximate surface area is 341 Å². The standard InChI is InChI=1S/C47H23F12N3/c48-44(49,50)27-14-18-39-33(22-27)29-6-1-3-10-37(29)61(39)41-20-25(24-60)12-16-31(41)32-17-13-26(43-35(46(54,55)56)8-5-9-36(43)47(57,58)59)21-42(32)62-38-11-4-2-7-30(38)34-23-28(45(51,52)53)15-19-40(34)62/h1-23H. The molecule has 0 N–H and O–H groups in total. The summed E-state index contributed by atoms with van der Waals surface area (Å²) in [6, 6.07) is 30.2. The number of nitrogens with zero attached hydrogens (tertiary/aromatic N) is 3. The molecule has 0 aliphatic heterocycles. The molecule has 0 fully saturated rings. The topological polar surface area (TPSA) is 33.6 Å². The van der Waals surface area contributed by atoms with Crippen LogP contribution in [0.2, 0.25) is 0 Å². The molecule has 0 unspecified atom stereocenters. The van der Waals surface area contributed by atoms with Gasteiger partial charge in [-0.25, -0.2) is 0 Å². The molecule has 0 atom stereocenters. The number of benzene rings is 7. The summed E-state index contributed by atoms with van der Waals surface area (Å²) in [4.78, 5) is 0. The van der Waals surface area contributed by atoms with Crippen LogP contribution < -0.4 is 0 Å². The maximum atomic E-state index is 14.6. The van der Waals surface area contributed by atoms with Gasteiger partial charge in [-0.15, -0.1) is 0 Å². The van der Waals surface area contributed by atoms with Crippen LogP contribution in [0.1, 0.15) is 27.8 Å². The summed E-state index contributed by atoms with van der Waals surface area (Å²) in [5, 5.41) is 11.0. The molecule has 0 saturated heterocycles. The van der Waals surface area contributed by atoms with Crippen LogP contribution in [0.3, 0.4) is 0 Å². The lowest BCUT2D eigenvalue weighted by Crippen LogP contribution is -2.14. The highest BCUT2D eigenvalue weighted by atomic mass is 19.4. The highest BCUT2D eigenvalue weighted by Gasteiger charge is 2.41. The number of aromatic nitrogens is 2. The van der Waals surface area contributed by atoms with Crippen LogP contribution in [0.25, 0.3) is 77.2 Å². The van der Waals surface area contributed by atoms with Crippen molar-refractivity contribution >= 4 is 43.6 Å². The first kappa shape index (κ1) is 40.2. The van der Waals surface area contributed by atoms with Crippen LogP contribution in [-0.4, -0.2) is 9.13 Å². The SMILES string of the molecule is N#Cc1ccc(-c2ccc(-c3c(C(F)(F)F)cccc3C(F)(F)F)cc2-n2c3ccccc3c3cc(C(F)(F)F)ccc32)c(-n2c3ccccc3c3cc(C(F)(F)F)ccc32)c1. The average molecular weight is 858 g/mol. The second kappa shape index (κ2) is 13.9. The number of hydrogen-bond acceptors (Lipinski definition) is 1. The minimum absolute atomic E-state index is 0.0651. The Morgan fingerprint density at radius 2 is 0.823 bits per heavy atom. The molecular weight excluding hydrogens is 835 g/mol. The predicted molar refractivity (Wildman–Crippen MR) is 211 cm³/mol. The minimum atomic E-state index is -5.26. The summed E-state index contributed by atoms with van der Waals surface area (Å²) in [6.45, 7) is 0. The van der Waals surface area contributed by atoms with Crippen molar-refractivity contribution in [1.82, 2.24) is 9.13 Å².